The van der Waals surface area contributed by atoms with Crippen molar-refractivity contribution in [2.75, 3.05) is 39.3 Å². The van der Waals surface area contributed by atoms with Gasteiger partial charge in [-0.25, -0.2) is 0 Å². The van der Waals surface area contributed by atoms with E-state index in [1.165, 1.54) is 12.1 Å². The summed E-state index contributed by atoms with van der Waals surface area (Å²) in [5, 5.41) is 13.7. The fourth-order valence-electron chi connectivity index (χ4n) is 2.31. The molecule has 0 radical (unpaired) electrons. The number of amides is 1. The van der Waals surface area contributed by atoms with Gasteiger partial charge in [0.1, 0.15) is 18.1 Å². The molecule has 1 N–H and O–H groups in total. The summed E-state index contributed by atoms with van der Waals surface area (Å²) in [6.07, 6.45) is 0. The van der Waals surface area contributed by atoms with Crippen LogP contribution in [-0.4, -0.2) is 45.2 Å². The molecule has 8 heteroatoms. The standard InChI is InChI=1S/C18H21N3O5/c1-20(2)17-9-4-13(21(23)24)12-16(17)18(22)19-10-11-26-15-7-5-14(25-3)6-8-15/h4-9,12H,10-11H2,1-3H3,(H,19,22). The molecule has 0 aliphatic rings. The number of non-ortho nitro benzene ring substituents is 1. The Morgan fingerprint density at radius 3 is 2.38 bits per heavy atom. The van der Waals surface area contributed by atoms with Crippen LogP contribution in [0.3, 0.4) is 0 Å². The lowest BCUT2D eigenvalue weighted by Crippen LogP contribution is -2.29. The molecule has 0 aliphatic heterocycles. The highest BCUT2D eigenvalue weighted by molar-refractivity contribution is 6.00. The maximum absolute atomic E-state index is 12.4. The molecule has 26 heavy (non-hydrogen) atoms. The van der Waals surface area contributed by atoms with E-state index in [2.05, 4.69) is 5.32 Å². The minimum absolute atomic E-state index is 0.129. The predicted molar refractivity (Wildman–Crippen MR) is 98.2 cm³/mol. The van der Waals surface area contributed by atoms with Crippen LogP contribution in [0.1, 0.15) is 10.4 Å². The third-order valence-electron chi connectivity index (χ3n) is 3.63. The van der Waals surface area contributed by atoms with Gasteiger partial charge in [-0.2, -0.15) is 0 Å². The highest BCUT2D eigenvalue weighted by Crippen LogP contribution is 2.24. The summed E-state index contributed by atoms with van der Waals surface area (Å²) in [6.45, 7) is 0.532. The fraction of sp³-hybridized carbons (Fsp3) is 0.278. The normalized spacial score (nSPS) is 10.1. The molecule has 138 valence electrons. The molecule has 0 aromatic heterocycles. The van der Waals surface area contributed by atoms with E-state index in [1.807, 2.05) is 0 Å². The minimum Gasteiger partial charge on any atom is -0.497 e. The van der Waals surface area contributed by atoms with Crippen LogP contribution in [0.4, 0.5) is 11.4 Å². The number of ether oxygens (including phenoxy) is 2. The summed E-state index contributed by atoms with van der Waals surface area (Å²) in [5.74, 6) is 0.993. The molecule has 2 aromatic rings. The van der Waals surface area contributed by atoms with Crippen molar-refractivity contribution < 1.29 is 19.2 Å². The Hall–Kier alpha value is -3.29. The zero-order valence-electron chi connectivity index (χ0n) is 14.9. The lowest BCUT2D eigenvalue weighted by atomic mass is 10.1. The molecule has 0 heterocycles. The van der Waals surface area contributed by atoms with Crippen molar-refractivity contribution in [3.63, 3.8) is 0 Å². The summed E-state index contributed by atoms with van der Waals surface area (Å²) in [6, 6.07) is 11.3. The zero-order chi connectivity index (χ0) is 19.1. The maximum Gasteiger partial charge on any atom is 0.270 e. The van der Waals surface area contributed by atoms with Crippen LogP contribution >= 0.6 is 0 Å². The van der Waals surface area contributed by atoms with E-state index in [0.717, 1.165) is 5.75 Å². The molecular formula is C18H21N3O5. The second-order valence-corrected chi connectivity index (χ2v) is 5.63. The largest absolute Gasteiger partial charge is 0.497 e. The van der Waals surface area contributed by atoms with Crippen molar-refractivity contribution in [3.8, 4) is 11.5 Å². The average Bonchev–Trinajstić information content (AvgIpc) is 2.64. The fourth-order valence-corrected chi connectivity index (χ4v) is 2.31. The Kier molecular flexibility index (Phi) is 6.37. The van der Waals surface area contributed by atoms with Crippen LogP contribution in [0.15, 0.2) is 42.5 Å². The number of carbonyl (C=O) groups is 1. The van der Waals surface area contributed by atoms with Crippen LogP contribution in [0.25, 0.3) is 0 Å². The summed E-state index contributed by atoms with van der Waals surface area (Å²) in [4.78, 5) is 24.6. The second-order valence-electron chi connectivity index (χ2n) is 5.63. The van der Waals surface area contributed by atoms with Crippen LogP contribution in [0, 0.1) is 10.1 Å². The van der Waals surface area contributed by atoms with Crippen LogP contribution in [0.5, 0.6) is 11.5 Å². The lowest BCUT2D eigenvalue weighted by Gasteiger charge is -2.17. The van der Waals surface area contributed by atoms with E-state index in [4.69, 9.17) is 9.47 Å². The smallest absolute Gasteiger partial charge is 0.270 e. The molecule has 1 amide bonds. The topological polar surface area (TPSA) is 93.9 Å². The van der Waals surface area contributed by atoms with Gasteiger partial charge in [-0.05, 0) is 30.3 Å². The van der Waals surface area contributed by atoms with Crippen molar-refractivity contribution >= 4 is 17.3 Å². The number of nitrogens with zero attached hydrogens (tertiary/aromatic N) is 2. The third-order valence-corrected chi connectivity index (χ3v) is 3.63. The Morgan fingerprint density at radius 1 is 1.15 bits per heavy atom. The SMILES string of the molecule is COc1ccc(OCCNC(=O)c2cc([N+](=O)[O-])ccc2N(C)C)cc1. The predicted octanol–water partition coefficient (Wildman–Crippen LogP) is 2.48. The van der Waals surface area contributed by atoms with Crippen molar-refractivity contribution in [1.82, 2.24) is 5.32 Å². The van der Waals surface area contributed by atoms with Gasteiger partial charge in [0.15, 0.2) is 0 Å². The van der Waals surface area contributed by atoms with Gasteiger partial charge >= 0.3 is 0 Å². The Labute approximate surface area is 151 Å². The zero-order valence-corrected chi connectivity index (χ0v) is 14.9. The molecule has 0 aliphatic carbocycles. The van der Waals surface area contributed by atoms with Gasteiger partial charge in [0, 0.05) is 31.9 Å². The average molecular weight is 359 g/mol. The minimum atomic E-state index is -0.525. The van der Waals surface area contributed by atoms with Crippen LogP contribution in [0.2, 0.25) is 0 Å². The van der Waals surface area contributed by atoms with E-state index in [0.29, 0.717) is 11.4 Å². The van der Waals surface area contributed by atoms with Gasteiger partial charge < -0.3 is 19.7 Å². The number of nitro groups is 1. The highest BCUT2D eigenvalue weighted by atomic mass is 16.6. The summed E-state index contributed by atoms with van der Waals surface area (Å²) in [5.41, 5.74) is 0.716. The monoisotopic (exact) mass is 359 g/mol. The van der Waals surface area contributed by atoms with Gasteiger partial charge in [0.05, 0.1) is 24.1 Å². The first-order valence-corrected chi connectivity index (χ1v) is 7.93. The second kappa shape index (κ2) is 8.70. The number of carbonyl (C=O) groups excluding carboxylic acids is 1. The number of rotatable bonds is 8. The van der Waals surface area contributed by atoms with Crippen molar-refractivity contribution in [2.24, 2.45) is 0 Å². The molecule has 2 aromatic carbocycles. The molecule has 0 saturated heterocycles. The van der Waals surface area contributed by atoms with Crippen LogP contribution < -0.4 is 19.7 Å². The number of benzene rings is 2. The Balaban J connectivity index is 1.96. The van der Waals surface area contributed by atoms with Crippen LogP contribution in [-0.2, 0) is 0 Å². The number of anilines is 1. The van der Waals surface area contributed by atoms with E-state index >= 15 is 0 Å². The van der Waals surface area contributed by atoms with Gasteiger partial charge in [0.2, 0.25) is 0 Å². The molecule has 0 unspecified atom stereocenters. The summed E-state index contributed by atoms with van der Waals surface area (Å²) < 4.78 is 10.6. The lowest BCUT2D eigenvalue weighted by molar-refractivity contribution is -0.384. The van der Waals surface area contributed by atoms with E-state index in [-0.39, 0.29) is 24.4 Å². The first-order valence-electron chi connectivity index (χ1n) is 7.93. The van der Waals surface area contributed by atoms with Crippen molar-refractivity contribution in [1.29, 1.82) is 0 Å². The quantitative estimate of drug-likeness (QED) is 0.442. The van der Waals surface area contributed by atoms with E-state index in [9.17, 15) is 14.9 Å². The molecule has 0 bridgehead atoms. The maximum atomic E-state index is 12.4. The highest BCUT2D eigenvalue weighted by Gasteiger charge is 2.17. The van der Waals surface area contributed by atoms with Gasteiger partial charge in [-0.15, -0.1) is 0 Å². The number of nitrogens with one attached hydrogen (secondary N) is 1. The first-order chi connectivity index (χ1) is 12.4. The van der Waals surface area contributed by atoms with E-state index < -0.39 is 10.8 Å². The summed E-state index contributed by atoms with van der Waals surface area (Å²) in [7, 11) is 5.12. The number of hydrogen-bond donors (Lipinski definition) is 1. The molecule has 0 atom stereocenters. The molecule has 0 spiro atoms. The van der Waals surface area contributed by atoms with Crippen molar-refractivity contribution in [2.45, 2.75) is 0 Å². The number of methoxy groups -OCH3 is 1. The third kappa shape index (κ3) is 4.85. The van der Waals surface area contributed by atoms with Gasteiger partial charge in [-0.3, -0.25) is 14.9 Å². The Bertz CT molecular complexity index is 775. The first kappa shape index (κ1) is 19.0. The van der Waals surface area contributed by atoms with Gasteiger partial charge in [0.25, 0.3) is 11.6 Å². The molecule has 0 saturated carbocycles. The van der Waals surface area contributed by atoms with Gasteiger partial charge in [-0.1, -0.05) is 0 Å². The van der Waals surface area contributed by atoms with E-state index in [1.54, 1.807) is 56.4 Å². The molecule has 0 fully saturated rings. The number of hydrogen-bond acceptors (Lipinski definition) is 6. The molecule has 2 rings (SSSR count). The Morgan fingerprint density at radius 2 is 1.81 bits per heavy atom. The molecule has 8 nitrogen and oxygen atoms in total. The molecular weight excluding hydrogens is 338 g/mol. The van der Waals surface area contributed by atoms with Crippen molar-refractivity contribution in [3.05, 3.63) is 58.1 Å². The summed E-state index contributed by atoms with van der Waals surface area (Å²) >= 11 is 0. The number of nitro benzene ring substituents is 1.